The van der Waals surface area contributed by atoms with Crippen LogP contribution >= 0.6 is 0 Å². The molecule has 9 nitrogen and oxygen atoms in total. The zero-order valence-electron chi connectivity index (χ0n) is 17.7. The molecule has 0 bridgehead atoms. The summed E-state index contributed by atoms with van der Waals surface area (Å²) in [5.74, 6) is -0.464. The van der Waals surface area contributed by atoms with Crippen LogP contribution in [0.1, 0.15) is 32.1 Å². The number of nitrogens with zero attached hydrogens (tertiary/aromatic N) is 2. The Morgan fingerprint density at radius 2 is 1.90 bits per heavy atom. The Kier molecular flexibility index (Phi) is 6.49. The normalized spacial score (nSPS) is 23.3. The van der Waals surface area contributed by atoms with Crippen molar-refractivity contribution in [3.63, 3.8) is 0 Å². The Morgan fingerprint density at radius 1 is 1.19 bits per heavy atom. The van der Waals surface area contributed by atoms with Crippen molar-refractivity contribution in [2.45, 2.75) is 43.0 Å². The monoisotopic (exact) mass is 451 g/mol. The van der Waals surface area contributed by atoms with E-state index < -0.39 is 15.9 Å². The third kappa shape index (κ3) is 4.56. The molecular formula is C21H29N3O6S. The molecule has 1 N–H and O–H groups in total. The average Bonchev–Trinajstić information content (AvgIpc) is 3.44. The van der Waals surface area contributed by atoms with E-state index in [-0.39, 0.29) is 48.0 Å². The summed E-state index contributed by atoms with van der Waals surface area (Å²) in [6.45, 7) is 1.63. The number of morpholine rings is 1. The van der Waals surface area contributed by atoms with Gasteiger partial charge >= 0.3 is 0 Å². The highest BCUT2D eigenvalue weighted by molar-refractivity contribution is 7.89. The van der Waals surface area contributed by atoms with Crippen LogP contribution in [-0.4, -0.2) is 75.4 Å². The second-order valence-corrected chi connectivity index (χ2v) is 10.2. The van der Waals surface area contributed by atoms with Crippen molar-refractivity contribution in [1.29, 1.82) is 0 Å². The van der Waals surface area contributed by atoms with Gasteiger partial charge in [0.05, 0.1) is 26.2 Å². The smallest absolute Gasteiger partial charge is 0.246 e. The second-order valence-electron chi connectivity index (χ2n) is 8.26. The minimum atomic E-state index is -3.80. The van der Waals surface area contributed by atoms with E-state index in [4.69, 9.17) is 9.47 Å². The summed E-state index contributed by atoms with van der Waals surface area (Å²) in [6, 6.07) is 4.82. The van der Waals surface area contributed by atoms with E-state index in [0.29, 0.717) is 25.4 Å². The number of hydrogen-bond acceptors (Lipinski definition) is 6. The lowest BCUT2D eigenvalue weighted by Crippen LogP contribution is -2.40. The Labute approximate surface area is 182 Å². The summed E-state index contributed by atoms with van der Waals surface area (Å²) in [5.41, 5.74) is 0.365. The van der Waals surface area contributed by atoms with Crippen molar-refractivity contribution >= 4 is 27.5 Å². The minimum Gasteiger partial charge on any atom is -0.495 e. The standard InChI is InChI=1S/C21H29N3O6S/c1-29-18-7-6-16(13-19(18)31(27,28)23-8-10-30-11-9-23)22-21(26)15-12-20(25)24(14-15)17-4-2-3-5-17/h6-7,13,15,17H,2-5,8-12,14H2,1H3,(H,22,26). The molecule has 2 saturated heterocycles. The first kappa shape index (κ1) is 22.0. The van der Waals surface area contributed by atoms with E-state index in [0.717, 1.165) is 25.7 Å². The van der Waals surface area contributed by atoms with Crippen LogP contribution in [0.4, 0.5) is 5.69 Å². The van der Waals surface area contributed by atoms with Gasteiger partial charge in [-0.2, -0.15) is 4.31 Å². The van der Waals surface area contributed by atoms with Crippen LogP contribution in [0.15, 0.2) is 23.1 Å². The molecule has 170 valence electrons. The predicted molar refractivity (Wildman–Crippen MR) is 113 cm³/mol. The first-order valence-corrected chi connectivity index (χ1v) is 12.2. The number of rotatable bonds is 6. The summed E-state index contributed by atoms with van der Waals surface area (Å²) < 4.78 is 38.1. The highest BCUT2D eigenvalue weighted by Crippen LogP contribution is 2.32. The van der Waals surface area contributed by atoms with Crippen LogP contribution in [-0.2, 0) is 24.3 Å². The fourth-order valence-electron chi connectivity index (χ4n) is 4.60. The fraction of sp³-hybridized carbons (Fsp3) is 0.619. The molecule has 0 spiro atoms. The van der Waals surface area contributed by atoms with Gasteiger partial charge in [0.15, 0.2) is 0 Å². The maximum absolute atomic E-state index is 13.1. The maximum Gasteiger partial charge on any atom is 0.246 e. The van der Waals surface area contributed by atoms with Crippen LogP contribution in [0, 0.1) is 5.92 Å². The van der Waals surface area contributed by atoms with Gasteiger partial charge in [0.1, 0.15) is 10.6 Å². The molecule has 1 aromatic rings. The molecule has 1 aliphatic carbocycles. The van der Waals surface area contributed by atoms with E-state index in [2.05, 4.69) is 5.32 Å². The molecule has 1 unspecified atom stereocenters. The topological polar surface area (TPSA) is 105 Å². The summed E-state index contributed by atoms with van der Waals surface area (Å²) in [7, 11) is -2.39. The summed E-state index contributed by atoms with van der Waals surface area (Å²) in [4.78, 5) is 27.1. The second kappa shape index (κ2) is 9.13. The average molecular weight is 452 g/mol. The van der Waals surface area contributed by atoms with Gasteiger partial charge in [0.2, 0.25) is 21.8 Å². The number of ether oxygens (including phenoxy) is 2. The lowest BCUT2D eigenvalue weighted by atomic mass is 10.1. The lowest BCUT2D eigenvalue weighted by molar-refractivity contribution is -0.129. The number of benzene rings is 1. The molecule has 2 aliphatic heterocycles. The van der Waals surface area contributed by atoms with E-state index in [1.54, 1.807) is 6.07 Å². The van der Waals surface area contributed by atoms with Gasteiger partial charge in [0.25, 0.3) is 0 Å². The van der Waals surface area contributed by atoms with Crippen LogP contribution in [0.25, 0.3) is 0 Å². The molecule has 3 aliphatic rings. The van der Waals surface area contributed by atoms with Crippen molar-refractivity contribution in [1.82, 2.24) is 9.21 Å². The van der Waals surface area contributed by atoms with Crippen molar-refractivity contribution in [3.8, 4) is 5.75 Å². The predicted octanol–water partition coefficient (Wildman–Crippen LogP) is 1.45. The van der Waals surface area contributed by atoms with Gasteiger partial charge < -0.3 is 19.7 Å². The highest BCUT2D eigenvalue weighted by atomic mass is 32.2. The van der Waals surface area contributed by atoms with Crippen LogP contribution in [0.3, 0.4) is 0 Å². The zero-order valence-corrected chi connectivity index (χ0v) is 18.5. The number of sulfonamides is 1. The van der Waals surface area contributed by atoms with Gasteiger partial charge in [-0.25, -0.2) is 8.42 Å². The molecule has 0 aromatic heterocycles. The van der Waals surface area contributed by atoms with E-state index in [1.807, 2.05) is 4.90 Å². The molecule has 1 saturated carbocycles. The van der Waals surface area contributed by atoms with Crippen molar-refractivity contribution in [2.24, 2.45) is 5.92 Å². The first-order valence-electron chi connectivity index (χ1n) is 10.8. The third-order valence-corrected chi connectivity index (χ3v) is 8.23. The van der Waals surface area contributed by atoms with E-state index in [9.17, 15) is 18.0 Å². The third-order valence-electron chi connectivity index (χ3n) is 6.31. The first-order chi connectivity index (χ1) is 14.9. The molecule has 4 rings (SSSR count). The van der Waals surface area contributed by atoms with Crippen LogP contribution < -0.4 is 10.1 Å². The maximum atomic E-state index is 13.1. The minimum absolute atomic E-state index is 0.00443. The Hall–Kier alpha value is -2.17. The molecule has 0 radical (unpaired) electrons. The Morgan fingerprint density at radius 3 is 2.58 bits per heavy atom. The zero-order chi connectivity index (χ0) is 22.0. The Balaban J connectivity index is 1.49. The summed E-state index contributed by atoms with van der Waals surface area (Å²) in [6.07, 6.45) is 4.44. The van der Waals surface area contributed by atoms with Crippen LogP contribution in [0.5, 0.6) is 5.75 Å². The molecule has 3 fully saturated rings. The molecule has 1 atom stereocenters. The van der Waals surface area contributed by atoms with Crippen molar-refractivity contribution < 1.29 is 27.5 Å². The van der Waals surface area contributed by atoms with Gasteiger partial charge in [0, 0.05) is 37.8 Å². The number of nitrogens with one attached hydrogen (secondary N) is 1. The van der Waals surface area contributed by atoms with Crippen LogP contribution in [0.2, 0.25) is 0 Å². The largest absolute Gasteiger partial charge is 0.495 e. The number of anilines is 1. The fourth-order valence-corrected chi connectivity index (χ4v) is 6.19. The number of carbonyl (C=O) groups is 2. The lowest BCUT2D eigenvalue weighted by Gasteiger charge is -2.27. The van der Waals surface area contributed by atoms with Crippen molar-refractivity contribution in [2.75, 3.05) is 45.3 Å². The molecule has 10 heteroatoms. The highest BCUT2D eigenvalue weighted by Gasteiger charge is 2.39. The number of hydrogen-bond donors (Lipinski definition) is 1. The quantitative estimate of drug-likeness (QED) is 0.702. The number of amides is 2. The van der Waals surface area contributed by atoms with E-state index >= 15 is 0 Å². The Bertz CT molecular complexity index is 938. The number of likely N-dealkylation sites (tertiary alicyclic amines) is 1. The number of methoxy groups -OCH3 is 1. The molecule has 1 aromatic carbocycles. The molecular weight excluding hydrogens is 422 g/mol. The van der Waals surface area contributed by atoms with E-state index in [1.165, 1.54) is 23.5 Å². The van der Waals surface area contributed by atoms with Gasteiger partial charge in [-0.3, -0.25) is 9.59 Å². The van der Waals surface area contributed by atoms with Gasteiger partial charge in [-0.15, -0.1) is 0 Å². The van der Waals surface area contributed by atoms with Gasteiger partial charge in [-0.05, 0) is 31.0 Å². The molecule has 31 heavy (non-hydrogen) atoms. The SMILES string of the molecule is COc1ccc(NC(=O)C2CC(=O)N(C3CCCC3)C2)cc1S(=O)(=O)N1CCOCC1. The summed E-state index contributed by atoms with van der Waals surface area (Å²) >= 11 is 0. The molecule has 2 amide bonds. The molecule has 2 heterocycles. The van der Waals surface area contributed by atoms with Gasteiger partial charge in [-0.1, -0.05) is 12.8 Å². The number of carbonyl (C=O) groups excluding carboxylic acids is 2. The summed E-state index contributed by atoms with van der Waals surface area (Å²) in [5, 5.41) is 2.80. The van der Waals surface area contributed by atoms with Crippen molar-refractivity contribution in [3.05, 3.63) is 18.2 Å².